The fourth-order valence-corrected chi connectivity index (χ4v) is 1.93. The maximum atomic E-state index is 9.10. The van der Waals surface area contributed by atoms with Crippen molar-refractivity contribution in [3.63, 3.8) is 0 Å². The van der Waals surface area contributed by atoms with Gasteiger partial charge in [0, 0.05) is 5.69 Å². The summed E-state index contributed by atoms with van der Waals surface area (Å²) in [5.41, 5.74) is 4.61. The fraction of sp³-hybridized carbons (Fsp3) is 0.133. The lowest BCUT2D eigenvalue weighted by molar-refractivity contribution is 1.33. The van der Waals surface area contributed by atoms with Gasteiger partial charge in [-0.05, 0) is 49.2 Å². The standard InChI is InChI=1S/C15H13ClN2/c1-10-6-7-12(8-11(10)2)18-15-5-3-4-14(16)13(15)9-17/h3-8,18H,1-2H3. The van der Waals surface area contributed by atoms with Crippen molar-refractivity contribution < 1.29 is 0 Å². The first-order chi connectivity index (χ1) is 8.61. The number of hydrogen-bond acceptors (Lipinski definition) is 2. The lowest BCUT2D eigenvalue weighted by Crippen LogP contribution is -1.95. The summed E-state index contributed by atoms with van der Waals surface area (Å²) in [4.78, 5) is 0. The molecule has 2 rings (SSSR count). The van der Waals surface area contributed by atoms with Gasteiger partial charge in [0.15, 0.2) is 0 Å². The molecule has 0 radical (unpaired) electrons. The largest absolute Gasteiger partial charge is 0.354 e. The van der Waals surface area contributed by atoms with Gasteiger partial charge in [-0.25, -0.2) is 0 Å². The Kier molecular flexibility index (Phi) is 3.55. The number of nitrogens with one attached hydrogen (secondary N) is 1. The monoisotopic (exact) mass is 256 g/mol. The molecular formula is C15H13ClN2. The Hall–Kier alpha value is -1.98. The maximum Gasteiger partial charge on any atom is 0.103 e. The van der Waals surface area contributed by atoms with Crippen molar-refractivity contribution in [3.05, 3.63) is 58.1 Å². The van der Waals surface area contributed by atoms with E-state index in [0.717, 1.165) is 11.4 Å². The summed E-state index contributed by atoms with van der Waals surface area (Å²) in [6.07, 6.45) is 0. The third-order valence-corrected chi connectivity index (χ3v) is 3.23. The van der Waals surface area contributed by atoms with Crippen LogP contribution in [0.5, 0.6) is 0 Å². The van der Waals surface area contributed by atoms with E-state index in [1.165, 1.54) is 11.1 Å². The summed E-state index contributed by atoms with van der Waals surface area (Å²) in [5, 5.41) is 12.8. The molecule has 3 heteroatoms. The smallest absolute Gasteiger partial charge is 0.103 e. The maximum absolute atomic E-state index is 9.10. The number of anilines is 2. The van der Waals surface area contributed by atoms with Crippen molar-refractivity contribution in [1.29, 1.82) is 5.26 Å². The van der Waals surface area contributed by atoms with E-state index in [0.29, 0.717) is 10.6 Å². The Morgan fingerprint density at radius 1 is 1.11 bits per heavy atom. The quantitative estimate of drug-likeness (QED) is 0.854. The lowest BCUT2D eigenvalue weighted by atomic mass is 10.1. The average molecular weight is 257 g/mol. The van der Waals surface area contributed by atoms with Crippen LogP contribution < -0.4 is 5.32 Å². The molecule has 0 aliphatic heterocycles. The molecule has 0 aliphatic rings. The van der Waals surface area contributed by atoms with Crippen LogP contribution in [0, 0.1) is 25.2 Å². The highest BCUT2D eigenvalue weighted by atomic mass is 35.5. The molecule has 90 valence electrons. The highest BCUT2D eigenvalue weighted by molar-refractivity contribution is 6.32. The van der Waals surface area contributed by atoms with E-state index >= 15 is 0 Å². The van der Waals surface area contributed by atoms with Gasteiger partial charge >= 0.3 is 0 Å². The highest BCUT2D eigenvalue weighted by Crippen LogP contribution is 2.27. The third-order valence-electron chi connectivity index (χ3n) is 2.91. The zero-order valence-electron chi connectivity index (χ0n) is 10.3. The molecule has 0 saturated carbocycles. The molecule has 0 heterocycles. The van der Waals surface area contributed by atoms with Gasteiger partial charge in [-0.1, -0.05) is 23.7 Å². The Balaban J connectivity index is 2.37. The van der Waals surface area contributed by atoms with Gasteiger partial charge in [0.05, 0.1) is 16.3 Å². The second kappa shape index (κ2) is 5.12. The molecule has 0 atom stereocenters. The van der Waals surface area contributed by atoms with Gasteiger partial charge in [0.1, 0.15) is 6.07 Å². The van der Waals surface area contributed by atoms with Crippen molar-refractivity contribution >= 4 is 23.0 Å². The number of nitriles is 1. The first kappa shape index (κ1) is 12.5. The highest BCUT2D eigenvalue weighted by Gasteiger charge is 2.06. The van der Waals surface area contributed by atoms with Crippen LogP contribution in [0.1, 0.15) is 16.7 Å². The van der Waals surface area contributed by atoms with Crippen molar-refractivity contribution in [2.24, 2.45) is 0 Å². The summed E-state index contributed by atoms with van der Waals surface area (Å²) in [7, 11) is 0. The molecule has 0 aromatic heterocycles. The predicted molar refractivity (Wildman–Crippen MR) is 75.4 cm³/mol. The molecule has 18 heavy (non-hydrogen) atoms. The Labute approximate surface area is 112 Å². The zero-order chi connectivity index (χ0) is 13.1. The van der Waals surface area contributed by atoms with E-state index < -0.39 is 0 Å². The molecule has 1 N–H and O–H groups in total. The summed E-state index contributed by atoms with van der Waals surface area (Å²) >= 11 is 5.99. The van der Waals surface area contributed by atoms with Gasteiger partial charge in [0.2, 0.25) is 0 Å². The lowest BCUT2D eigenvalue weighted by Gasteiger charge is -2.10. The summed E-state index contributed by atoms with van der Waals surface area (Å²) in [5.74, 6) is 0. The van der Waals surface area contributed by atoms with Gasteiger partial charge in [0.25, 0.3) is 0 Å². The van der Waals surface area contributed by atoms with Crippen LogP contribution in [0.3, 0.4) is 0 Å². The van der Waals surface area contributed by atoms with Crippen molar-refractivity contribution in [2.75, 3.05) is 5.32 Å². The van der Waals surface area contributed by atoms with E-state index in [9.17, 15) is 0 Å². The van der Waals surface area contributed by atoms with Crippen LogP contribution >= 0.6 is 11.6 Å². The van der Waals surface area contributed by atoms with Crippen molar-refractivity contribution in [1.82, 2.24) is 0 Å². The van der Waals surface area contributed by atoms with Crippen LogP contribution in [-0.2, 0) is 0 Å². The summed E-state index contributed by atoms with van der Waals surface area (Å²) in [6.45, 7) is 4.13. The minimum Gasteiger partial charge on any atom is -0.354 e. The molecular weight excluding hydrogens is 244 g/mol. The van der Waals surface area contributed by atoms with Crippen LogP contribution in [-0.4, -0.2) is 0 Å². The minimum absolute atomic E-state index is 0.464. The van der Waals surface area contributed by atoms with Gasteiger partial charge in [-0.3, -0.25) is 0 Å². The second-order valence-corrected chi connectivity index (χ2v) is 4.61. The molecule has 0 unspecified atom stereocenters. The zero-order valence-corrected chi connectivity index (χ0v) is 11.0. The van der Waals surface area contributed by atoms with Crippen LogP contribution in [0.15, 0.2) is 36.4 Å². The Morgan fingerprint density at radius 3 is 2.56 bits per heavy atom. The summed E-state index contributed by atoms with van der Waals surface area (Å²) < 4.78 is 0. The predicted octanol–water partition coefficient (Wildman–Crippen LogP) is 4.57. The summed E-state index contributed by atoms with van der Waals surface area (Å²) in [6, 6.07) is 13.6. The Morgan fingerprint density at radius 2 is 1.89 bits per heavy atom. The normalized spacial score (nSPS) is 9.89. The molecule has 0 amide bonds. The second-order valence-electron chi connectivity index (χ2n) is 4.20. The number of benzene rings is 2. The first-order valence-corrected chi connectivity index (χ1v) is 6.02. The number of nitrogens with zero attached hydrogens (tertiary/aromatic N) is 1. The van der Waals surface area contributed by atoms with Gasteiger partial charge in [-0.15, -0.1) is 0 Å². The minimum atomic E-state index is 0.464. The van der Waals surface area contributed by atoms with Crippen LogP contribution in [0.25, 0.3) is 0 Å². The topological polar surface area (TPSA) is 35.8 Å². The van der Waals surface area contributed by atoms with E-state index in [1.807, 2.05) is 24.3 Å². The number of rotatable bonds is 2. The molecule has 0 bridgehead atoms. The van der Waals surface area contributed by atoms with E-state index in [2.05, 4.69) is 31.3 Å². The molecule has 2 aromatic carbocycles. The first-order valence-electron chi connectivity index (χ1n) is 5.64. The van der Waals surface area contributed by atoms with Gasteiger partial charge in [-0.2, -0.15) is 5.26 Å². The molecule has 0 saturated heterocycles. The SMILES string of the molecule is Cc1ccc(Nc2cccc(Cl)c2C#N)cc1C. The number of hydrogen-bond donors (Lipinski definition) is 1. The molecule has 2 aromatic rings. The number of halogens is 1. The molecule has 0 fully saturated rings. The van der Waals surface area contributed by atoms with Crippen LogP contribution in [0.2, 0.25) is 5.02 Å². The van der Waals surface area contributed by atoms with Gasteiger partial charge < -0.3 is 5.32 Å². The molecule has 0 spiro atoms. The average Bonchev–Trinajstić information content (AvgIpc) is 2.34. The fourth-order valence-electron chi connectivity index (χ4n) is 1.72. The number of aryl methyl sites for hydroxylation is 2. The molecule has 0 aliphatic carbocycles. The Bertz CT molecular complexity index is 627. The van der Waals surface area contributed by atoms with E-state index in [4.69, 9.17) is 16.9 Å². The van der Waals surface area contributed by atoms with Crippen LogP contribution in [0.4, 0.5) is 11.4 Å². The molecule has 2 nitrogen and oxygen atoms in total. The van der Waals surface area contributed by atoms with E-state index in [1.54, 1.807) is 6.07 Å². The van der Waals surface area contributed by atoms with Crippen molar-refractivity contribution in [3.8, 4) is 6.07 Å². The van der Waals surface area contributed by atoms with Crippen molar-refractivity contribution in [2.45, 2.75) is 13.8 Å². The third kappa shape index (κ3) is 2.47. The van der Waals surface area contributed by atoms with E-state index in [-0.39, 0.29) is 0 Å².